The van der Waals surface area contributed by atoms with Gasteiger partial charge in [0.05, 0.1) is 33.4 Å². The van der Waals surface area contributed by atoms with Crippen LogP contribution in [0.4, 0.5) is 0 Å². The Balaban J connectivity index is 0.00000672. The number of hydrogen-bond acceptors (Lipinski definition) is 2. The molecular weight excluding hydrogens is 997 g/mol. The van der Waals surface area contributed by atoms with E-state index in [9.17, 15) is 0 Å². The minimum atomic E-state index is -0.0573. The summed E-state index contributed by atoms with van der Waals surface area (Å²) in [4.78, 5) is 4.92. The summed E-state index contributed by atoms with van der Waals surface area (Å²) in [7, 11) is 0. The molecule has 6 heteroatoms. The van der Waals surface area contributed by atoms with Crippen molar-refractivity contribution in [2.45, 2.75) is 131 Å². The summed E-state index contributed by atoms with van der Waals surface area (Å²) in [6.07, 6.45) is 5.89. The van der Waals surface area contributed by atoms with E-state index < -0.39 is 0 Å². The summed E-state index contributed by atoms with van der Waals surface area (Å²) in [5.41, 5.74) is 17.2. The van der Waals surface area contributed by atoms with Gasteiger partial charge in [0.15, 0.2) is 0 Å². The number of para-hydroxylation sites is 4. The summed E-state index contributed by atoms with van der Waals surface area (Å²) in [6, 6.07) is 57.7. The molecule has 10 rings (SSSR count). The quantitative estimate of drug-likeness (QED) is 0.0906. The molecule has 0 saturated heterocycles. The Bertz CT molecular complexity index is 3580. The van der Waals surface area contributed by atoms with E-state index in [0.29, 0.717) is 0 Å². The van der Waals surface area contributed by atoms with Gasteiger partial charge in [0.1, 0.15) is 17.3 Å². The van der Waals surface area contributed by atoms with Crippen LogP contribution < -0.4 is 9.30 Å². The zero-order valence-electron chi connectivity index (χ0n) is 46.1. The number of nitrogens with zero attached hydrogens (tertiary/aromatic N) is 4. The Morgan fingerprint density at radius 1 is 0.432 bits per heavy atom. The third-order valence-electron chi connectivity index (χ3n) is 14.6. The first-order valence-electron chi connectivity index (χ1n) is 26.0. The average molecular weight is 1070 g/mol. The van der Waals surface area contributed by atoms with Gasteiger partial charge in [-0.1, -0.05) is 207 Å². The van der Waals surface area contributed by atoms with E-state index in [1.165, 1.54) is 44.3 Å². The zero-order chi connectivity index (χ0) is 52.0. The van der Waals surface area contributed by atoms with Crippen LogP contribution in [0.2, 0.25) is 0 Å². The van der Waals surface area contributed by atoms with Crippen molar-refractivity contribution in [3.05, 3.63) is 198 Å². The number of pyridine rings is 1. The molecule has 0 atom stereocenters. The fourth-order valence-corrected chi connectivity index (χ4v) is 10.1. The van der Waals surface area contributed by atoms with Gasteiger partial charge in [-0.2, -0.15) is 0 Å². The summed E-state index contributed by atoms with van der Waals surface area (Å²) < 4.78 is 13.6. The van der Waals surface area contributed by atoms with Gasteiger partial charge in [-0.3, -0.25) is 13.7 Å². The van der Waals surface area contributed by atoms with E-state index in [0.717, 1.165) is 67.3 Å². The second-order valence-corrected chi connectivity index (χ2v) is 25.3. The van der Waals surface area contributed by atoms with Crippen molar-refractivity contribution in [3.63, 3.8) is 0 Å². The summed E-state index contributed by atoms with van der Waals surface area (Å²) in [5, 5.41) is 2.33. The van der Waals surface area contributed by atoms with E-state index in [2.05, 4.69) is 276 Å². The Morgan fingerprint density at radius 3 is 1.50 bits per heavy atom. The van der Waals surface area contributed by atoms with Crippen LogP contribution in [-0.4, -0.2) is 14.1 Å². The molecular formula is C68H72AgN4O+. The van der Waals surface area contributed by atoms with Crippen molar-refractivity contribution in [1.29, 1.82) is 0 Å². The predicted molar refractivity (Wildman–Crippen MR) is 307 cm³/mol. The van der Waals surface area contributed by atoms with Gasteiger partial charge in [0.2, 0.25) is 0 Å². The number of fused-ring (bicyclic) bond motifs is 4. The summed E-state index contributed by atoms with van der Waals surface area (Å²) in [5.74, 6) is 2.36. The molecule has 0 N–H and O–H groups in total. The van der Waals surface area contributed by atoms with Crippen molar-refractivity contribution in [2.24, 2.45) is 0 Å². The van der Waals surface area contributed by atoms with Crippen LogP contribution in [0.5, 0.6) is 11.5 Å². The maximum atomic E-state index is 6.86. The number of rotatable bonds is 7. The van der Waals surface area contributed by atoms with Gasteiger partial charge in [0.25, 0.3) is 6.33 Å². The molecule has 10 aromatic rings. The van der Waals surface area contributed by atoms with Crippen LogP contribution >= 0.6 is 0 Å². The largest absolute Gasteiger partial charge is 1.00 e. The molecule has 0 radical (unpaired) electrons. The molecule has 0 aliphatic carbocycles. The topological polar surface area (TPSA) is 35.9 Å². The number of aromatic nitrogens is 4. The molecule has 5 nitrogen and oxygen atoms in total. The fraction of sp³-hybridized carbons (Fsp3) is 0.294. The van der Waals surface area contributed by atoms with Crippen LogP contribution in [-0.2, 0) is 49.5 Å². The third kappa shape index (κ3) is 10.1. The second-order valence-electron chi connectivity index (χ2n) is 25.3. The average Bonchev–Trinajstić information content (AvgIpc) is 3.88. The Morgan fingerprint density at radius 2 is 0.932 bits per heavy atom. The van der Waals surface area contributed by atoms with Crippen molar-refractivity contribution in [2.75, 3.05) is 0 Å². The standard InChI is InChI=1S/C68H72N4O.Ag/c1-64(2,3)46-32-33-69-62(40-46)72-58-27-17-16-24-56(58)57-31-30-53(42-61(57)72)73-52-23-20-22-51(41-52)70-43-71(60-29-19-18-28-59(60)70)63-54(44-34-47(65(4,5)6)38-48(35-44)66(7,8)9)25-21-26-55(63)45-36-49(67(10,11)12)39-50(37-45)68(13,14)15;/h16-42H,1-15H3;/q;+1. The van der Waals surface area contributed by atoms with Gasteiger partial charge >= 0.3 is 22.4 Å². The molecule has 380 valence electrons. The molecule has 0 aliphatic heterocycles. The Labute approximate surface area is 455 Å². The normalized spacial score (nSPS) is 12.7. The van der Waals surface area contributed by atoms with Crippen molar-refractivity contribution >= 4 is 32.8 Å². The van der Waals surface area contributed by atoms with Gasteiger partial charge in [-0.05, 0) is 126 Å². The number of benzene rings is 7. The number of ether oxygens (including phenoxy) is 1. The number of hydrogen-bond donors (Lipinski definition) is 0. The fourth-order valence-electron chi connectivity index (χ4n) is 10.1. The molecule has 0 unspecified atom stereocenters. The first-order valence-corrected chi connectivity index (χ1v) is 26.0. The van der Waals surface area contributed by atoms with E-state index in [-0.39, 0.29) is 49.5 Å². The third-order valence-corrected chi connectivity index (χ3v) is 14.6. The van der Waals surface area contributed by atoms with E-state index in [1.54, 1.807) is 0 Å². The molecule has 0 fully saturated rings. The van der Waals surface area contributed by atoms with Gasteiger partial charge in [-0.25, -0.2) is 4.98 Å². The predicted octanol–water partition coefficient (Wildman–Crippen LogP) is 17.8. The van der Waals surface area contributed by atoms with Crippen LogP contribution in [0.25, 0.3) is 72.3 Å². The van der Waals surface area contributed by atoms with Gasteiger partial charge in [-0.15, -0.1) is 0 Å². The molecule has 0 spiro atoms. The number of imidazole rings is 1. The smallest absolute Gasteiger partial charge is 0.458 e. The maximum Gasteiger partial charge on any atom is 1.00 e. The molecule has 3 heterocycles. The van der Waals surface area contributed by atoms with Crippen LogP contribution in [0.1, 0.15) is 132 Å². The molecule has 0 saturated carbocycles. The SMILES string of the molecule is CC(C)(C)c1cc(-c2cccc(-c3cc(C(C)(C)C)cc(C(C)(C)C)c3)c2-[n+]2[c-]n(-c3cccc(Oc4ccc5c6ccccc6n(-c6cc(C(C)(C)C)ccn6)c5c4)c3)c3ccccc32)cc(C(C)(C)C)c1.[Ag+]. The zero-order valence-corrected chi connectivity index (χ0v) is 47.6. The molecule has 0 amide bonds. The Kier molecular flexibility index (Phi) is 13.5. The van der Waals surface area contributed by atoms with E-state index in [4.69, 9.17) is 9.72 Å². The van der Waals surface area contributed by atoms with Crippen LogP contribution in [0.3, 0.4) is 0 Å². The summed E-state index contributed by atoms with van der Waals surface area (Å²) in [6.45, 7) is 34.5. The van der Waals surface area contributed by atoms with Crippen molar-refractivity contribution in [3.8, 4) is 50.9 Å². The van der Waals surface area contributed by atoms with Crippen molar-refractivity contribution in [1.82, 2.24) is 14.1 Å². The first kappa shape index (κ1) is 52.4. The maximum absolute atomic E-state index is 6.86. The minimum absolute atomic E-state index is 0. The molecule has 0 aliphatic rings. The van der Waals surface area contributed by atoms with Gasteiger partial charge < -0.3 is 4.74 Å². The van der Waals surface area contributed by atoms with Gasteiger partial charge in [0, 0.05) is 23.0 Å². The molecule has 74 heavy (non-hydrogen) atoms. The molecule has 0 bridgehead atoms. The van der Waals surface area contributed by atoms with E-state index >= 15 is 0 Å². The Hall–Kier alpha value is -6.50. The van der Waals surface area contributed by atoms with E-state index in [1.807, 2.05) is 12.3 Å². The summed E-state index contributed by atoms with van der Waals surface area (Å²) >= 11 is 0. The second kappa shape index (κ2) is 19.0. The first-order chi connectivity index (χ1) is 34.3. The molecule has 3 aromatic heterocycles. The van der Waals surface area contributed by atoms with Crippen LogP contribution in [0.15, 0.2) is 164 Å². The van der Waals surface area contributed by atoms with Crippen LogP contribution in [0, 0.1) is 6.33 Å². The molecule has 7 aromatic carbocycles. The monoisotopic (exact) mass is 1070 g/mol. The van der Waals surface area contributed by atoms with Crippen molar-refractivity contribution < 1.29 is 31.7 Å². The minimum Gasteiger partial charge on any atom is -0.458 e.